The Kier molecular flexibility index (Phi) is 8.72. The van der Waals surface area contributed by atoms with Gasteiger partial charge in [-0.3, -0.25) is 33.8 Å². The van der Waals surface area contributed by atoms with Crippen molar-refractivity contribution < 1.29 is 23.1 Å². The van der Waals surface area contributed by atoms with Crippen LogP contribution in [0.3, 0.4) is 0 Å². The molecule has 3 N–H and O–H groups in total. The molecular weight excluding hydrogens is 689 g/mol. The Hall–Kier alpha value is -5.59. The topological polar surface area (TPSA) is 197 Å². The van der Waals surface area contributed by atoms with E-state index in [-0.39, 0.29) is 24.3 Å². The molecule has 8 rings (SSSR count). The van der Waals surface area contributed by atoms with Crippen molar-refractivity contribution >= 4 is 57.3 Å². The number of carbonyl (C=O) groups excluding carboxylic acids is 3. The minimum atomic E-state index is -2.27. The number of nitrogens with zero attached hydrogens (tertiary/aromatic N) is 10. The van der Waals surface area contributed by atoms with Crippen LogP contribution in [-0.4, -0.2) is 102 Å². The van der Waals surface area contributed by atoms with E-state index < -0.39 is 23.2 Å². The van der Waals surface area contributed by atoms with Gasteiger partial charge in [-0.05, 0) is 43.5 Å². The first-order chi connectivity index (χ1) is 25.1. The number of amides is 3. The molecule has 3 amide bonds. The van der Waals surface area contributed by atoms with Gasteiger partial charge in [0.1, 0.15) is 17.7 Å². The molecule has 5 aromatic rings. The van der Waals surface area contributed by atoms with Crippen LogP contribution in [0.4, 0.5) is 17.5 Å². The van der Waals surface area contributed by atoms with E-state index in [2.05, 4.69) is 55.4 Å². The summed E-state index contributed by atoms with van der Waals surface area (Å²) in [5.74, 6) is 1.45. The smallest absolute Gasteiger partial charge is 0.282 e. The lowest BCUT2D eigenvalue weighted by molar-refractivity contribution is -0.136. The molecule has 3 aliphatic heterocycles. The number of aromatic nitrogens is 7. The maximum atomic E-state index is 13.1. The molecule has 52 heavy (non-hydrogen) atoms. The second kappa shape index (κ2) is 13.5. The van der Waals surface area contributed by atoms with Gasteiger partial charge < -0.3 is 15.1 Å². The van der Waals surface area contributed by atoms with Gasteiger partial charge >= 0.3 is 0 Å². The highest BCUT2D eigenvalue weighted by Crippen LogP contribution is 2.32. The maximum Gasteiger partial charge on any atom is 0.282 e. The predicted molar refractivity (Wildman–Crippen MR) is 191 cm³/mol. The lowest BCUT2D eigenvalue weighted by atomic mass is 10.0. The van der Waals surface area contributed by atoms with Crippen LogP contribution in [0.1, 0.15) is 54.2 Å². The maximum absolute atomic E-state index is 13.1. The van der Waals surface area contributed by atoms with Gasteiger partial charge in [-0.15, -0.1) is 0 Å². The predicted octanol–water partition coefficient (Wildman–Crippen LogP) is 2.48. The first kappa shape index (κ1) is 33.5. The lowest BCUT2D eigenvalue weighted by Crippen LogP contribution is -2.52. The van der Waals surface area contributed by atoms with E-state index in [1.54, 1.807) is 17.2 Å². The van der Waals surface area contributed by atoms with Gasteiger partial charge in [-0.25, -0.2) is 19.2 Å². The minimum Gasteiger partial charge on any atom is -0.352 e. The van der Waals surface area contributed by atoms with Gasteiger partial charge in [0.2, 0.25) is 11.8 Å². The summed E-state index contributed by atoms with van der Waals surface area (Å²) in [6.45, 7) is 8.48. The zero-order chi connectivity index (χ0) is 36.1. The molecule has 18 heteroatoms. The summed E-state index contributed by atoms with van der Waals surface area (Å²) >= 11 is -2.27. The summed E-state index contributed by atoms with van der Waals surface area (Å²) in [7, 11) is 0. The van der Waals surface area contributed by atoms with Crippen LogP contribution in [0, 0.1) is 0 Å². The Bertz CT molecular complexity index is 2240. The Morgan fingerprint density at radius 2 is 1.87 bits per heavy atom. The molecule has 2 saturated heterocycles. The molecule has 2 atom stereocenters. The van der Waals surface area contributed by atoms with Crippen molar-refractivity contribution in [3.8, 4) is 11.4 Å². The number of nitrogens with one attached hydrogen (secondary N) is 2. The van der Waals surface area contributed by atoms with Gasteiger partial charge in [-0.1, -0.05) is 12.1 Å². The Balaban J connectivity index is 0.933. The first-order valence-corrected chi connectivity index (χ1v) is 18.1. The molecule has 2 unspecified atom stereocenters. The molecule has 0 radical (unpaired) electrons. The van der Waals surface area contributed by atoms with Crippen LogP contribution in [0.25, 0.3) is 22.3 Å². The highest BCUT2D eigenvalue weighted by atomic mass is 32.2. The summed E-state index contributed by atoms with van der Waals surface area (Å²) in [5.41, 5.74) is 4.07. The standard InChI is InChI=1S/C34H36N12O5S/c1-20(2)46-27-14-29(38-28-7-8-35-31(39-28)23-15-37-45(19-23)52(50)51)36-16-25(27)32(41-46)43-11-9-42(10-12-43)17-21-3-4-24-22(13-21)18-44(34(24)49)26-5-6-30(47)40-33(26)48/h3-4,7-8,13-16,19-20,26H,5-6,9-12,17-18H2,1-2H3,(H,50,51)(H,40,47,48)(H,35,36,38,39). The second-order valence-electron chi connectivity index (χ2n) is 13.4. The molecule has 1 aromatic carbocycles. The van der Waals surface area contributed by atoms with Crippen molar-refractivity contribution in [3.63, 3.8) is 0 Å². The number of imide groups is 1. The van der Waals surface area contributed by atoms with Crippen molar-refractivity contribution in [2.24, 2.45) is 0 Å². The molecule has 3 aliphatic rings. The summed E-state index contributed by atoms with van der Waals surface area (Å²) in [6, 6.07) is 9.06. The van der Waals surface area contributed by atoms with Crippen molar-refractivity contribution in [1.29, 1.82) is 0 Å². The molecule has 7 heterocycles. The van der Waals surface area contributed by atoms with Gasteiger partial charge in [0, 0.05) is 75.8 Å². The normalized spacial score (nSPS) is 18.7. The third-order valence-corrected chi connectivity index (χ3v) is 10.1. The number of anilines is 3. The van der Waals surface area contributed by atoms with E-state index in [0.717, 1.165) is 64.7 Å². The first-order valence-electron chi connectivity index (χ1n) is 17.0. The largest absolute Gasteiger partial charge is 0.352 e. The van der Waals surface area contributed by atoms with Crippen molar-refractivity contribution in [3.05, 3.63) is 71.8 Å². The van der Waals surface area contributed by atoms with Crippen LogP contribution in [-0.2, 0) is 33.9 Å². The summed E-state index contributed by atoms with van der Waals surface area (Å²) in [5, 5.41) is 15.5. The zero-order valence-electron chi connectivity index (χ0n) is 28.5. The number of piperidine rings is 1. The lowest BCUT2D eigenvalue weighted by Gasteiger charge is -2.35. The summed E-state index contributed by atoms with van der Waals surface area (Å²) < 4.78 is 23.5. The van der Waals surface area contributed by atoms with E-state index in [0.29, 0.717) is 41.6 Å². The van der Waals surface area contributed by atoms with E-state index in [1.807, 2.05) is 29.1 Å². The Morgan fingerprint density at radius 1 is 1.04 bits per heavy atom. The minimum absolute atomic E-state index is 0.102. The van der Waals surface area contributed by atoms with E-state index in [4.69, 9.17) is 10.1 Å². The Morgan fingerprint density at radius 3 is 2.62 bits per heavy atom. The molecule has 17 nitrogen and oxygen atoms in total. The van der Waals surface area contributed by atoms with Gasteiger partial charge in [0.15, 0.2) is 11.6 Å². The molecule has 4 aromatic heterocycles. The van der Waals surface area contributed by atoms with E-state index >= 15 is 0 Å². The monoisotopic (exact) mass is 724 g/mol. The number of rotatable bonds is 9. The number of piperazine rings is 1. The quantitative estimate of drug-likeness (QED) is 0.148. The van der Waals surface area contributed by atoms with Crippen molar-refractivity contribution in [2.45, 2.75) is 51.9 Å². The molecule has 2 fully saturated rings. The molecule has 0 aliphatic carbocycles. The third-order valence-electron chi connectivity index (χ3n) is 9.62. The van der Waals surface area contributed by atoms with Crippen molar-refractivity contribution in [1.82, 2.24) is 49.0 Å². The van der Waals surface area contributed by atoms with Gasteiger partial charge in [-0.2, -0.15) is 14.3 Å². The number of fused-ring (bicyclic) bond motifs is 2. The van der Waals surface area contributed by atoms with Crippen LogP contribution >= 0.6 is 0 Å². The fourth-order valence-corrected chi connectivity index (χ4v) is 7.35. The molecule has 268 valence electrons. The van der Waals surface area contributed by atoms with Gasteiger partial charge in [0.25, 0.3) is 17.2 Å². The molecule has 0 bridgehead atoms. The van der Waals surface area contributed by atoms with E-state index in [1.165, 1.54) is 12.4 Å². The highest BCUT2D eigenvalue weighted by Gasteiger charge is 2.39. The van der Waals surface area contributed by atoms with Gasteiger partial charge in [0.05, 0.1) is 28.9 Å². The van der Waals surface area contributed by atoms with Crippen LogP contribution in [0.2, 0.25) is 0 Å². The van der Waals surface area contributed by atoms with E-state index in [9.17, 15) is 23.1 Å². The number of benzene rings is 1. The third kappa shape index (κ3) is 6.39. The number of carbonyl (C=O) groups is 3. The van der Waals surface area contributed by atoms with Crippen LogP contribution in [0.15, 0.2) is 55.1 Å². The van der Waals surface area contributed by atoms with Crippen LogP contribution in [0.5, 0.6) is 0 Å². The zero-order valence-corrected chi connectivity index (χ0v) is 29.3. The number of hydrogen-bond donors (Lipinski definition) is 3. The molecule has 0 spiro atoms. The highest BCUT2D eigenvalue weighted by molar-refractivity contribution is 7.77. The second-order valence-corrected chi connectivity index (χ2v) is 14.2. The Labute approximate surface area is 300 Å². The average molecular weight is 725 g/mol. The fraction of sp³-hybridized carbons (Fsp3) is 0.353. The molecular formula is C34H36N12O5S. The number of hydrogen-bond acceptors (Lipinski definition) is 12. The summed E-state index contributed by atoms with van der Waals surface area (Å²) in [4.78, 5) is 56.9. The van der Waals surface area contributed by atoms with Crippen LogP contribution < -0.4 is 15.5 Å². The molecule has 0 saturated carbocycles. The number of pyridine rings is 1. The van der Waals surface area contributed by atoms with Crippen molar-refractivity contribution in [2.75, 3.05) is 36.4 Å². The average Bonchev–Trinajstić information content (AvgIpc) is 3.85. The SMILES string of the molecule is CC(C)n1nc(N2CCN(Cc3ccc4c(c3)CN(C3CCC(=O)NC3=O)C4=O)CC2)c2cnc(Nc3ccnc(-c4cnn(S(=O)O)c4)n3)cc21. The fourth-order valence-electron chi connectivity index (χ4n) is 7.02. The summed E-state index contributed by atoms with van der Waals surface area (Å²) in [6.07, 6.45) is 6.83.